The number of halogens is 1. The largest absolute Gasteiger partial charge is 0.493 e. The van der Waals surface area contributed by atoms with E-state index in [9.17, 15) is 9.59 Å². The molecule has 7 nitrogen and oxygen atoms in total. The van der Waals surface area contributed by atoms with E-state index in [0.29, 0.717) is 43.5 Å². The van der Waals surface area contributed by atoms with Crippen molar-refractivity contribution in [2.75, 3.05) is 33.9 Å². The van der Waals surface area contributed by atoms with Crippen molar-refractivity contribution in [3.05, 3.63) is 23.8 Å². The quantitative estimate of drug-likeness (QED) is 0.640. The maximum absolute atomic E-state index is 12.5. The van der Waals surface area contributed by atoms with E-state index >= 15 is 0 Å². The van der Waals surface area contributed by atoms with E-state index in [1.54, 1.807) is 19.1 Å². The van der Waals surface area contributed by atoms with E-state index < -0.39 is 0 Å². The highest BCUT2D eigenvalue weighted by molar-refractivity contribution is 5.89. The summed E-state index contributed by atoms with van der Waals surface area (Å²) in [6.07, 6.45) is 3.24. The van der Waals surface area contributed by atoms with E-state index in [0.717, 1.165) is 18.4 Å². The summed E-state index contributed by atoms with van der Waals surface area (Å²) >= 11 is 0. The molecule has 3 N–H and O–H groups in total. The van der Waals surface area contributed by atoms with Crippen molar-refractivity contribution in [2.45, 2.75) is 31.7 Å². The summed E-state index contributed by atoms with van der Waals surface area (Å²) in [5, 5.41) is 3.04. The number of carbonyl (C=O) groups is 2. The number of methoxy groups -OCH3 is 2. The van der Waals surface area contributed by atoms with Gasteiger partial charge in [-0.25, -0.2) is 0 Å². The number of hydrogen-bond acceptors (Lipinski definition) is 5. The Hall–Kier alpha value is -1.99. The van der Waals surface area contributed by atoms with E-state index in [4.69, 9.17) is 15.2 Å². The van der Waals surface area contributed by atoms with Crippen LogP contribution in [0.5, 0.6) is 11.5 Å². The summed E-state index contributed by atoms with van der Waals surface area (Å²) in [4.78, 5) is 26.6. The van der Waals surface area contributed by atoms with Crippen LogP contribution in [-0.4, -0.2) is 56.6 Å². The maximum atomic E-state index is 12.5. The Labute approximate surface area is 172 Å². The topological polar surface area (TPSA) is 93.9 Å². The van der Waals surface area contributed by atoms with Gasteiger partial charge in [0.05, 0.1) is 20.1 Å². The second kappa shape index (κ2) is 9.98. The van der Waals surface area contributed by atoms with Crippen molar-refractivity contribution < 1.29 is 19.1 Å². The monoisotopic (exact) mass is 411 g/mol. The van der Waals surface area contributed by atoms with Crippen LogP contribution in [0.25, 0.3) is 0 Å². The molecule has 156 valence electrons. The minimum Gasteiger partial charge on any atom is -0.493 e. The number of nitrogens with one attached hydrogen (secondary N) is 1. The highest BCUT2D eigenvalue weighted by Gasteiger charge is 2.37. The summed E-state index contributed by atoms with van der Waals surface area (Å²) in [6, 6.07) is 5.80. The third kappa shape index (κ3) is 5.29. The van der Waals surface area contributed by atoms with Crippen LogP contribution >= 0.6 is 12.4 Å². The maximum Gasteiger partial charge on any atom is 0.225 e. The summed E-state index contributed by atoms with van der Waals surface area (Å²) < 4.78 is 10.6. The summed E-state index contributed by atoms with van der Waals surface area (Å²) in [5.41, 5.74) is 6.82. The summed E-state index contributed by atoms with van der Waals surface area (Å²) in [6.45, 7) is 1.51. The third-order valence-corrected chi connectivity index (χ3v) is 5.48. The number of nitrogens with zero attached hydrogens (tertiary/aromatic N) is 1. The molecule has 28 heavy (non-hydrogen) atoms. The Kier molecular flexibility index (Phi) is 7.95. The molecule has 2 unspecified atom stereocenters. The van der Waals surface area contributed by atoms with Gasteiger partial charge < -0.3 is 25.4 Å². The van der Waals surface area contributed by atoms with Gasteiger partial charge in [-0.1, -0.05) is 6.07 Å². The summed E-state index contributed by atoms with van der Waals surface area (Å²) in [7, 11) is 3.20. The molecule has 0 bridgehead atoms. The van der Waals surface area contributed by atoms with Crippen LogP contribution in [0.2, 0.25) is 0 Å². The first-order valence-electron chi connectivity index (χ1n) is 9.54. The van der Waals surface area contributed by atoms with Crippen LogP contribution in [0.4, 0.5) is 0 Å². The van der Waals surface area contributed by atoms with E-state index in [1.807, 2.05) is 18.2 Å². The Morgan fingerprint density at radius 3 is 2.61 bits per heavy atom. The molecule has 1 aliphatic carbocycles. The molecule has 2 fully saturated rings. The molecule has 2 amide bonds. The SMILES string of the molecule is COc1ccc(CCN2CC(C(=O)NC(CN)C3CC3)CC2=O)cc1OC.Cl. The average Bonchev–Trinajstić information content (AvgIpc) is 3.46. The van der Waals surface area contributed by atoms with Gasteiger partial charge in [0.2, 0.25) is 11.8 Å². The van der Waals surface area contributed by atoms with Crippen LogP contribution in [-0.2, 0) is 16.0 Å². The van der Waals surface area contributed by atoms with E-state index in [-0.39, 0.29) is 42.6 Å². The van der Waals surface area contributed by atoms with Crippen LogP contribution in [0.3, 0.4) is 0 Å². The molecule has 1 saturated heterocycles. The molecule has 0 spiro atoms. The number of carbonyl (C=O) groups excluding carboxylic acids is 2. The lowest BCUT2D eigenvalue weighted by Crippen LogP contribution is -2.45. The number of rotatable bonds is 9. The number of hydrogen-bond donors (Lipinski definition) is 2. The molecule has 0 aromatic heterocycles. The van der Waals surface area contributed by atoms with Crippen molar-refractivity contribution in [1.82, 2.24) is 10.2 Å². The Morgan fingerprint density at radius 2 is 2.00 bits per heavy atom. The fourth-order valence-corrected chi connectivity index (χ4v) is 3.63. The zero-order chi connectivity index (χ0) is 19.4. The second-order valence-corrected chi connectivity index (χ2v) is 7.37. The van der Waals surface area contributed by atoms with Gasteiger partial charge in [-0.3, -0.25) is 9.59 Å². The molecule has 2 atom stereocenters. The van der Waals surface area contributed by atoms with Crippen LogP contribution in [0.1, 0.15) is 24.8 Å². The van der Waals surface area contributed by atoms with Gasteiger partial charge in [0, 0.05) is 32.1 Å². The molecule has 1 aromatic rings. The minimum atomic E-state index is -0.282. The molecular formula is C20H30ClN3O4. The van der Waals surface area contributed by atoms with Crippen molar-refractivity contribution >= 4 is 24.2 Å². The highest BCUT2D eigenvalue weighted by atomic mass is 35.5. The average molecular weight is 412 g/mol. The van der Waals surface area contributed by atoms with E-state index in [1.165, 1.54) is 0 Å². The molecule has 0 radical (unpaired) electrons. The van der Waals surface area contributed by atoms with Gasteiger partial charge in [-0.15, -0.1) is 12.4 Å². The van der Waals surface area contributed by atoms with Crippen molar-refractivity contribution in [3.8, 4) is 11.5 Å². The Bertz CT molecular complexity index is 696. The fourth-order valence-electron chi connectivity index (χ4n) is 3.63. The van der Waals surface area contributed by atoms with E-state index in [2.05, 4.69) is 5.32 Å². The third-order valence-electron chi connectivity index (χ3n) is 5.48. The Morgan fingerprint density at radius 1 is 1.29 bits per heavy atom. The zero-order valence-corrected chi connectivity index (χ0v) is 17.3. The number of ether oxygens (including phenoxy) is 2. The van der Waals surface area contributed by atoms with Crippen molar-refractivity contribution in [2.24, 2.45) is 17.6 Å². The lowest BCUT2D eigenvalue weighted by atomic mass is 10.1. The normalized spacial score (nSPS) is 19.8. The summed E-state index contributed by atoms with van der Waals surface area (Å²) in [5.74, 6) is 1.58. The molecule has 1 aromatic carbocycles. The first-order chi connectivity index (χ1) is 13.0. The molecule has 2 aliphatic rings. The van der Waals surface area contributed by atoms with Gasteiger partial charge in [-0.05, 0) is 42.9 Å². The first-order valence-corrected chi connectivity index (χ1v) is 9.54. The molecule has 1 heterocycles. The lowest BCUT2D eigenvalue weighted by molar-refractivity contribution is -0.129. The van der Waals surface area contributed by atoms with Gasteiger partial charge in [-0.2, -0.15) is 0 Å². The van der Waals surface area contributed by atoms with Crippen molar-refractivity contribution in [1.29, 1.82) is 0 Å². The zero-order valence-electron chi connectivity index (χ0n) is 16.5. The second-order valence-electron chi connectivity index (χ2n) is 7.37. The number of likely N-dealkylation sites (tertiary alicyclic amines) is 1. The van der Waals surface area contributed by atoms with Crippen LogP contribution in [0.15, 0.2) is 18.2 Å². The van der Waals surface area contributed by atoms with Crippen LogP contribution in [0, 0.1) is 11.8 Å². The van der Waals surface area contributed by atoms with Crippen LogP contribution < -0.4 is 20.5 Å². The molecule has 3 rings (SSSR count). The predicted octanol–water partition coefficient (Wildman–Crippen LogP) is 1.37. The number of nitrogens with two attached hydrogens (primary N) is 1. The van der Waals surface area contributed by atoms with Gasteiger partial charge >= 0.3 is 0 Å². The molecule has 1 saturated carbocycles. The number of amides is 2. The first kappa shape index (κ1) is 22.3. The standard InChI is InChI=1S/C20H29N3O4.ClH/c1-26-17-6-3-13(9-18(17)27-2)7-8-23-12-15(10-19(23)24)20(25)22-16(11-21)14-4-5-14;/h3,6,9,14-16H,4-5,7-8,10-12,21H2,1-2H3,(H,22,25);1H. The lowest BCUT2D eigenvalue weighted by Gasteiger charge is -2.20. The van der Waals surface area contributed by atoms with Crippen molar-refractivity contribution in [3.63, 3.8) is 0 Å². The molecular weight excluding hydrogens is 382 g/mol. The van der Waals surface area contributed by atoms with Gasteiger partial charge in [0.1, 0.15) is 0 Å². The molecule has 8 heteroatoms. The minimum absolute atomic E-state index is 0. The number of benzene rings is 1. The Balaban J connectivity index is 0.00000280. The molecule has 1 aliphatic heterocycles. The fraction of sp³-hybridized carbons (Fsp3) is 0.600. The highest BCUT2D eigenvalue weighted by Crippen LogP contribution is 2.32. The smallest absolute Gasteiger partial charge is 0.225 e. The van der Waals surface area contributed by atoms with Gasteiger partial charge in [0.25, 0.3) is 0 Å². The predicted molar refractivity (Wildman–Crippen MR) is 109 cm³/mol. The van der Waals surface area contributed by atoms with Gasteiger partial charge in [0.15, 0.2) is 11.5 Å².